The molecule has 190 valence electrons. The van der Waals surface area contributed by atoms with Crippen LogP contribution in [0.3, 0.4) is 0 Å². The van der Waals surface area contributed by atoms with E-state index in [2.05, 4.69) is 16.0 Å². The lowest BCUT2D eigenvalue weighted by Gasteiger charge is -2.19. The first-order chi connectivity index (χ1) is 16.9. The van der Waals surface area contributed by atoms with Crippen molar-refractivity contribution < 1.29 is 28.7 Å². The number of fused-ring (bicyclic) bond motifs is 1. The van der Waals surface area contributed by atoms with Gasteiger partial charge in [0.2, 0.25) is 5.91 Å². The molecule has 3 N–H and O–H groups in total. The number of alkyl carbamates (subject to hydrolysis) is 1. The first kappa shape index (κ1) is 26.4. The molecule has 10 heteroatoms. The highest BCUT2D eigenvalue weighted by atomic mass is 16.6. The van der Waals surface area contributed by atoms with E-state index in [-0.39, 0.29) is 35.1 Å². The molecule has 0 bridgehead atoms. The normalized spacial score (nSPS) is 12.9. The molecule has 2 aromatic rings. The van der Waals surface area contributed by atoms with E-state index in [0.29, 0.717) is 17.9 Å². The summed E-state index contributed by atoms with van der Waals surface area (Å²) in [5.41, 5.74) is 0.578. The van der Waals surface area contributed by atoms with Gasteiger partial charge < -0.3 is 20.7 Å². The summed E-state index contributed by atoms with van der Waals surface area (Å²) < 4.78 is 5.10. The van der Waals surface area contributed by atoms with E-state index in [9.17, 15) is 24.0 Å². The van der Waals surface area contributed by atoms with Gasteiger partial charge in [0.1, 0.15) is 12.1 Å². The van der Waals surface area contributed by atoms with Crippen molar-refractivity contribution in [1.82, 2.24) is 10.2 Å². The number of amides is 5. The molecule has 0 saturated heterocycles. The third kappa shape index (κ3) is 6.47. The number of para-hydroxylation sites is 2. The first-order valence-corrected chi connectivity index (χ1v) is 11.5. The minimum atomic E-state index is -0.726. The maximum Gasteiger partial charge on any atom is 0.408 e. The van der Waals surface area contributed by atoms with E-state index in [1.165, 1.54) is 23.1 Å². The zero-order chi connectivity index (χ0) is 26.6. The van der Waals surface area contributed by atoms with Crippen LogP contribution >= 0.6 is 0 Å². The minimum absolute atomic E-state index is 0.112. The SMILES string of the molecule is CC(C)CN1C(=O)c2ccc(C(=O)Nc3ccccc3NC(=O)CNC(=O)OC(C)(C)C)cc2C1=O. The first-order valence-electron chi connectivity index (χ1n) is 11.5. The molecule has 1 aliphatic rings. The number of anilines is 2. The number of nitrogens with zero attached hydrogens (tertiary/aromatic N) is 1. The zero-order valence-corrected chi connectivity index (χ0v) is 20.9. The third-order valence-electron chi connectivity index (χ3n) is 5.02. The fourth-order valence-electron chi connectivity index (χ4n) is 3.52. The van der Waals surface area contributed by atoms with Crippen molar-refractivity contribution in [3.8, 4) is 0 Å². The summed E-state index contributed by atoms with van der Waals surface area (Å²) in [6.45, 7) is 8.92. The summed E-state index contributed by atoms with van der Waals surface area (Å²) in [4.78, 5) is 63.5. The number of nitrogens with one attached hydrogen (secondary N) is 3. The molecule has 5 amide bonds. The molecule has 0 aromatic heterocycles. The Balaban J connectivity index is 1.68. The molecule has 0 aliphatic carbocycles. The molecule has 0 fully saturated rings. The van der Waals surface area contributed by atoms with Crippen LogP contribution in [0.4, 0.5) is 16.2 Å². The van der Waals surface area contributed by atoms with Crippen molar-refractivity contribution in [2.45, 2.75) is 40.2 Å². The van der Waals surface area contributed by atoms with Crippen molar-refractivity contribution in [3.63, 3.8) is 0 Å². The topological polar surface area (TPSA) is 134 Å². The van der Waals surface area contributed by atoms with Crippen LogP contribution < -0.4 is 16.0 Å². The molecule has 0 radical (unpaired) electrons. The standard InChI is InChI=1S/C26H30N4O6/c1-15(2)14-30-23(33)17-11-10-16(12-18(17)24(30)34)22(32)29-20-9-7-6-8-19(20)28-21(31)13-27-25(35)36-26(3,4)5/h6-12,15H,13-14H2,1-5H3,(H,27,35)(H,28,31)(H,29,32). The van der Waals surface area contributed by atoms with Gasteiger partial charge in [-0.05, 0) is 57.0 Å². The number of ether oxygens (including phenoxy) is 1. The van der Waals surface area contributed by atoms with E-state index in [4.69, 9.17) is 4.74 Å². The second-order valence-corrected chi connectivity index (χ2v) is 9.78. The molecular weight excluding hydrogens is 464 g/mol. The summed E-state index contributed by atoms with van der Waals surface area (Å²) in [6, 6.07) is 10.9. The summed E-state index contributed by atoms with van der Waals surface area (Å²) in [5, 5.41) is 7.72. The van der Waals surface area contributed by atoms with Crippen LogP contribution in [0.5, 0.6) is 0 Å². The van der Waals surface area contributed by atoms with Gasteiger partial charge in [-0.1, -0.05) is 26.0 Å². The quantitative estimate of drug-likeness (QED) is 0.503. The van der Waals surface area contributed by atoms with Crippen LogP contribution in [0.2, 0.25) is 0 Å². The Morgan fingerprint density at radius 3 is 2.14 bits per heavy atom. The van der Waals surface area contributed by atoms with E-state index >= 15 is 0 Å². The molecule has 36 heavy (non-hydrogen) atoms. The van der Waals surface area contributed by atoms with Crippen molar-refractivity contribution in [2.24, 2.45) is 5.92 Å². The van der Waals surface area contributed by atoms with Gasteiger partial charge in [0.25, 0.3) is 17.7 Å². The monoisotopic (exact) mass is 494 g/mol. The highest BCUT2D eigenvalue weighted by Gasteiger charge is 2.36. The van der Waals surface area contributed by atoms with E-state index in [0.717, 1.165) is 0 Å². The summed E-state index contributed by atoms with van der Waals surface area (Å²) in [7, 11) is 0. The van der Waals surface area contributed by atoms with Crippen LogP contribution in [-0.2, 0) is 9.53 Å². The largest absolute Gasteiger partial charge is 0.444 e. The Morgan fingerprint density at radius 1 is 0.917 bits per heavy atom. The van der Waals surface area contributed by atoms with E-state index < -0.39 is 29.4 Å². The lowest BCUT2D eigenvalue weighted by molar-refractivity contribution is -0.115. The Kier molecular flexibility index (Phi) is 7.77. The highest BCUT2D eigenvalue weighted by molar-refractivity contribution is 6.22. The molecule has 3 rings (SSSR count). The Hall–Kier alpha value is -4.21. The predicted molar refractivity (Wildman–Crippen MR) is 134 cm³/mol. The smallest absolute Gasteiger partial charge is 0.408 e. The molecule has 0 atom stereocenters. The average molecular weight is 495 g/mol. The number of benzene rings is 2. The van der Waals surface area contributed by atoms with Crippen LogP contribution in [0.25, 0.3) is 0 Å². The van der Waals surface area contributed by atoms with Gasteiger partial charge in [-0.2, -0.15) is 0 Å². The van der Waals surface area contributed by atoms with E-state index in [1.54, 1.807) is 45.0 Å². The van der Waals surface area contributed by atoms with Gasteiger partial charge in [-0.25, -0.2) is 4.79 Å². The van der Waals surface area contributed by atoms with Crippen molar-refractivity contribution in [1.29, 1.82) is 0 Å². The zero-order valence-electron chi connectivity index (χ0n) is 20.9. The number of rotatable bonds is 7. The summed E-state index contributed by atoms with van der Waals surface area (Å²) >= 11 is 0. The lowest BCUT2D eigenvalue weighted by atomic mass is 10.1. The molecule has 10 nitrogen and oxygen atoms in total. The van der Waals surface area contributed by atoms with Crippen molar-refractivity contribution >= 4 is 41.1 Å². The van der Waals surface area contributed by atoms with Crippen LogP contribution in [0.15, 0.2) is 42.5 Å². The summed E-state index contributed by atoms with van der Waals surface area (Å²) in [5.74, 6) is -1.73. The molecule has 1 heterocycles. The Morgan fingerprint density at radius 2 is 1.53 bits per heavy atom. The van der Waals surface area contributed by atoms with E-state index in [1.807, 2.05) is 13.8 Å². The van der Waals surface area contributed by atoms with Gasteiger partial charge in [-0.15, -0.1) is 0 Å². The van der Waals surface area contributed by atoms with Crippen molar-refractivity contribution in [2.75, 3.05) is 23.7 Å². The van der Waals surface area contributed by atoms with Gasteiger partial charge in [0.05, 0.1) is 22.5 Å². The molecular formula is C26H30N4O6. The van der Waals surface area contributed by atoms with Gasteiger partial charge in [0, 0.05) is 12.1 Å². The minimum Gasteiger partial charge on any atom is -0.444 e. The molecule has 0 unspecified atom stereocenters. The van der Waals surface area contributed by atoms with Crippen LogP contribution in [0.1, 0.15) is 65.7 Å². The van der Waals surface area contributed by atoms with Gasteiger partial charge >= 0.3 is 6.09 Å². The number of imide groups is 1. The lowest BCUT2D eigenvalue weighted by Crippen LogP contribution is -2.37. The number of carbonyl (C=O) groups is 5. The Labute approximate surface area is 209 Å². The number of carbonyl (C=O) groups excluding carboxylic acids is 5. The molecule has 2 aromatic carbocycles. The predicted octanol–water partition coefficient (Wildman–Crippen LogP) is 3.65. The maximum absolute atomic E-state index is 12.9. The maximum atomic E-state index is 12.9. The third-order valence-corrected chi connectivity index (χ3v) is 5.02. The van der Waals surface area contributed by atoms with Crippen molar-refractivity contribution in [3.05, 3.63) is 59.2 Å². The van der Waals surface area contributed by atoms with Gasteiger partial charge in [-0.3, -0.25) is 24.1 Å². The fraction of sp³-hybridized carbons (Fsp3) is 0.346. The molecule has 1 aliphatic heterocycles. The molecule has 0 saturated carbocycles. The average Bonchev–Trinajstić information content (AvgIpc) is 3.02. The second kappa shape index (κ2) is 10.6. The number of hydrogen-bond donors (Lipinski definition) is 3. The second-order valence-electron chi connectivity index (χ2n) is 9.78. The highest BCUT2D eigenvalue weighted by Crippen LogP contribution is 2.26. The number of hydrogen-bond acceptors (Lipinski definition) is 6. The molecule has 0 spiro atoms. The summed E-state index contributed by atoms with van der Waals surface area (Å²) in [6.07, 6.45) is -0.726. The van der Waals surface area contributed by atoms with Crippen LogP contribution in [0, 0.1) is 5.92 Å². The van der Waals surface area contributed by atoms with Gasteiger partial charge in [0.15, 0.2) is 0 Å². The fourth-order valence-corrected chi connectivity index (χ4v) is 3.52. The van der Waals surface area contributed by atoms with Crippen LogP contribution in [-0.4, -0.2) is 53.3 Å². The Bertz CT molecular complexity index is 1220.